The molecule has 0 aromatic carbocycles. The minimum Gasteiger partial charge on any atom is -0.480 e. The summed E-state index contributed by atoms with van der Waals surface area (Å²) in [6, 6.07) is -0.773. The van der Waals surface area contributed by atoms with E-state index in [9.17, 15) is 9.59 Å². The fraction of sp³-hybridized carbons (Fsp3) is 0.857. The number of hydrogen-bond donors (Lipinski definition) is 2. The van der Waals surface area contributed by atoms with E-state index in [1.54, 1.807) is 0 Å². The lowest BCUT2D eigenvalue weighted by molar-refractivity contribution is -0.142. The highest BCUT2D eigenvalue weighted by Gasteiger charge is 2.68. The Balaban J connectivity index is 2.67. The predicted molar refractivity (Wildman–Crippen MR) is 70.1 cm³/mol. The molecule has 1 rings (SSSR count). The second-order valence-electron chi connectivity index (χ2n) is 6.91. The number of carboxylic acid groups (broad SMARTS) is 1. The molecule has 0 saturated heterocycles. The van der Waals surface area contributed by atoms with Crippen molar-refractivity contribution in [2.24, 2.45) is 22.7 Å². The molecule has 1 aliphatic carbocycles. The minimum atomic E-state index is -0.951. The van der Waals surface area contributed by atoms with Crippen LogP contribution in [0.5, 0.6) is 0 Å². The lowest BCUT2D eigenvalue weighted by Crippen LogP contribution is -2.43. The lowest BCUT2D eigenvalue weighted by Gasteiger charge is -2.17. The molecule has 18 heavy (non-hydrogen) atoms. The average molecular weight is 255 g/mol. The molecule has 0 radical (unpaired) electrons. The highest BCUT2D eigenvalue weighted by atomic mass is 16.4. The molecule has 1 amide bonds. The van der Waals surface area contributed by atoms with E-state index in [0.717, 1.165) is 0 Å². The number of carbonyl (C=O) groups excluding carboxylic acids is 1. The molecular weight excluding hydrogens is 230 g/mol. The van der Waals surface area contributed by atoms with Crippen LogP contribution in [-0.4, -0.2) is 23.0 Å². The molecule has 4 heteroatoms. The monoisotopic (exact) mass is 255 g/mol. The Bertz CT molecular complexity index is 344. The van der Waals surface area contributed by atoms with E-state index >= 15 is 0 Å². The maximum atomic E-state index is 12.2. The van der Waals surface area contributed by atoms with E-state index in [0.29, 0.717) is 6.42 Å². The van der Waals surface area contributed by atoms with Crippen molar-refractivity contribution in [3.63, 3.8) is 0 Å². The van der Waals surface area contributed by atoms with E-state index in [1.165, 1.54) is 0 Å². The van der Waals surface area contributed by atoms with Crippen LogP contribution in [0.3, 0.4) is 0 Å². The van der Waals surface area contributed by atoms with Crippen molar-refractivity contribution < 1.29 is 14.7 Å². The van der Waals surface area contributed by atoms with E-state index in [-0.39, 0.29) is 28.6 Å². The summed E-state index contributed by atoms with van der Waals surface area (Å²) in [5.41, 5.74) is -0.115. The topological polar surface area (TPSA) is 66.4 Å². The number of amides is 1. The summed E-state index contributed by atoms with van der Waals surface area (Å²) >= 11 is 0. The molecule has 104 valence electrons. The first-order valence-corrected chi connectivity index (χ1v) is 6.55. The van der Waals surface area contributed by atoms with Gasteiger partial charge in [0.05, 0.1) is 0 Å². The van der Waals surface area contributed by atoms with Crippen molar-refractivity contribution in [2.45, 2.75) is 54.0 Å². The summed E-state index contributed by atoms with van der Waals surface area (Å²) in [5.74, 6) is -0.933. The normalized spacial score (nSPS) is 22.6. The number of rotatable bonds is 5. The SMILES string of the molecule is CC(C)C[C@@H](NC(=O)C1C(C)(C)C1(C)C)C(=O)O. The quantitative estimate of drug-likeness (QED) is 0.792. The van der Waals surface area contributed by atoms with Gasteiger partial charge >= 0.3 is 5.97 Å². The van der Waals surface area contributed by atoms with Crippen LogP contribution in [0.25, 0.3) is 0 Å². The zero-order chi connectivity index (χ0) is 14.3. The van der Waals surface area contributed by atoms with Crippen molar-refractivity contribution >= 4 is 11.9 Å². The maximum absolute atomic E-state index is 12.2. The van der Waals surface area contributed by atoms with Gasteiger partial charge in [-0.2, -0.15) is 0 Å². The van der Waals surface area contributed by atoms with Crippen LogP contribution in [0.2, 0.25) is 0 Å². The Morgan fingerprint density at radius 1 is 1.17 bits per heavy atom. The van der Waals surface area contributed by atoms with Gasteiger partial charge in [0.25, 0.3) is 0 Å². The van der Waals surface area contributed by atoms with Crippen molar-refractivity contribution in [2.75, 3.05) is 0 Å². The fourth-order valence-electron chi connectivity index (χ4n) is 2.80. The van der Waals surface area contributed by atoms with Gasteiger partial charge in [0.2, 0.25) is 5.91 Å². The summed E-state index contributed by atoms with van der Waals surface area (Å²) < 4.78 is 0. The van der Waals surface area contributed by atoms with E-state index < -0.39 is 12.0 Å². The van der Waals surface area contributed by atoms with Crippen molar-refractivity contribution in [1.29, 1.82) is 0 Å². The molecule has 1 fully saturated rings. The largest absolute Gasteiger partial charge is 0.480 e. The van der Waals surface area contributed by atoms with E-state index in [2.05, 4.69) is 33.0 Å². The van der Waals surface area contributed by atoms with Gasteiger partial charge in [0.1, 0.15) is 6.04 Å². The van der Waals surface area contributed by atoms with E-state index in [4.69, 9.17) is 5.11 Å². The number of carboxylic acids is 1. The molecule has 0 aliphatic heterocycles. The first-order valence-electron chi connectivity index (χ1n) is 6.55. The highest BCUT2D eigenvalue weighted by Crippen LogP contribution is 2.68. The smallest absolute Gasteiger partial charge is 0.326 e. The van der Waals surface area contributed by atoms with Crippen LogP contribution in [0, 0.1) is 22.7 Å². The Morgan fingerprint density at radius 2 is 1.61 bits per heavy atom. The number of nitrogens with one attached hydrogen (secondary N) is 1. The van der Waals surface area contributed by atoms with Gasteiger partial charge in [-0.15, -0.1) is 0 Å². The first-order chi connectivity index (χ1) is 8.01. The van der Waals surface area contributed by atoms with Crippen LogP contribution in [0.15, 0.2) is 0 Å². The Labute approximate surface area is 109 Å². The molecule has 4 nitrogen and oxygen atoms in total. The van der Waals surface area contributed by atoms with Crippen molar-refractivity contribution in [3.05, 3.63) is 0 Å². The molecule has 0 bridgehead atoms. The van der Waals surface area contributed by atoms with Crippen LogP contribution in [0.4, 0.5) is 0 Å². The molecule has 1 saturated carbocycles. The standard InChI is InChI=1S/C14H25NO3/c1-8(2)7-9(12(17)18)15-11(16)10-13(3,4)14(10,5)6/h8-10H,7H2,1-6H3,(H,15,16)(H,17,18)/t9-/m1/s1. The third-order valence-corrected chi connectivity index (χ3v) is 4.60. The fourth-order valence-corrected chi connectivity index (χ4v) is 2.80. The minimum absolute atomic E-state index is 0.0576. The summed E-state index contributed by atoms with van der Waals surface area (Å²) in [6.45, 7) is 12.1. The number of hydrogen-bond acceptors (Lipinski definition) is 2. The Morgan fingerprint density at radius 3 is 1.89 bits per heavy atom. The number of aliphatic carboxylic acids is 1. The van der Waals surface area contributed by atoms with Gasteiger partial charge in [-0.3, -0.25) is 4.79 Å². The maximum Gasteiger partial charge on any atom is 0.326 e. The first kappa shape index (κ1) is 15.0. The molecule has 0 aromatic heterocycles. The molecular formula is C14H25NO3. The molecule has 0 unspecified atom stereocenters. The molecule has 0 spiro atoms. The van der Waals surface area contributed by atoms with Gasteiger partial charge in [-0.1, -0.05) is 41.5 Å². The highest BCUT2D eigenvalue weighted by molar-refractivity contribution is 5.88. The van der Waals surface area contributed by atoms with Gasteiger partial charge in [0.15, 0.2) is 0 Å². The number of carbonyl (C=O) groups is 2. The van der Waals surface area contributed by atoms with Crippen molar-refractivity contribution in [3.8, 4) is 0 Å². The molecule has 0 heterocycles. The van der Waals surface area contributed by atoms with Gasteiger partial charge in [-0.05, 0) is 23.2 Å². The average Bonchev–Trinajstić information content (AvgIpc) is 2.54. The molecule has 1 aliphatic rings. The second-order valence-corrected chi connectivity index (χ2v) is 6.91. The second kappa shape index (κ2) is 4.56. The Kier molecular flexibility index (Phi) is 3.80. The molecule has 2 N–H and O–H groups in total. The van der Waals surface area contributed by atoms with Gasteiger partial charge in [0, 0.05) is 5.92 Å². The predicted octanol–water partition coefficient (Wildman–Crippen LogP) is 2.28. The van der Waals surface area contributed by atoms with Gasteiger partial charge < -0.3 is 10.4 Å². The van der Waals surface area contributed by atoms with Crippen LogP contribution in [-0.2, 0) is 9.59 Å². The molecule has 0 aromatic rings. The lowest BCUT2D eigenvalue weighted by atomic mass is 10.0. The molecule has 1 atom stereocenters. The summed E-state index contributed by atoms with van der Waals surface area (Å²) in [7, 11) is 0. The van der Waals surface area contributed by atoms with E-state index in [1.807, 2.05) is 13.8 Å². The third kappa shape index (κ3) is 2.52. The Hall–Kier alpha value is -1.06. The van der Waals surface area contributed by atoms with Crippen LogP contribution < -0.4 is 5.32 Å². The van der Waals surface area contributed by atoms with Crippen molar-refractivity contribution in [1.82, 2.24) is 5.32 Å². The zero-order valence-electron chi connectivity index (χ0n) is 12.2. The van der Waals surface area contributed by atoms with Crippen LogP contribution in [0.1, 0.15) is 48.0 Å². The summed E-state index contributed by atoms with van der Waals surface area (Å²) in [5, 5.41) is 11.8. The van der Waals surface area contributed by atoms with Crippen LogP contribution >= 0.6 is 0 Å². The summed E-state index contributed by atoms with van der Waals surface area (Å²) in [4.78, 5) is 23.3. The zero-order valence-corrected chi connectivity index (χ0v) is 12.2. The third-order valence-electron chi connectivity index (χ3n) is 4.60. The summed E-state index contributed by atoms with van der Waals surface area (Å²) in [6.07, 6.45) is 0.467. The van der Waals surface area contributed by atoms with Gasteiger partial charge in [-0.25, -0.2) is 4.79 Å².